The van der Waals surface area contributed by atoms with Crippen molar-refractivity contribution in [1.82, 2.24) is 10.1 Å². The molecule has 0 saturated carbocycles. The van der Waals surface area contributed by atoms with Crippen molar-refractivity contribution >= 4 is 5.91 Å². The predicted octanol–water partition coefficient (Wildman–Crippen LogP) is 0.664. The average Bonchev–Trinajstić information content (AvgIpc) is 2.76. The Morgan fingerprint density at radius 3 is 2.82 bits per heavy atom. The quantitative estimate of drug-likeness (QED) is 0.821. The van der Waals surface area contributed by atoms with Crippen LogP contribution in [0.1, 0.15) is 30.1 Å². The average molecular weight is 242 g/mol. The number of aromatic nitrogens is 1. The molecule has 0 spiro atoms. The van der Waals surface area contributed by atoms with E-state index < -0.39 is 5.54 Å². The first-order chi connectivity index (χ1) is 7.92. The predicted molar refractivity (Wildman–Crippen MR) is 60.5 cm³/mol. The Morgan fingerprint density at radius 2 is 2.29 bits per heavy atom. The lowest BCUT2D eigenvalue weighted by atomic mass is 10.0. The molecule has 6 nitrogen and oxygen atoms in total. The fraction of sp³-hybridized carbons (Fsp3) is 0.636. The summed E-state index contributed by atoms with van der Waals surface area (Å²) in [5, 5.41) is 12.9. The van der Waals surface area contributed by atoms with Gasteiger partial charge in [-0.3, -0.25) is 4.79 Å². The second kappa shape index (κ2) is 5.29. The molecule has 1 aromatic heterocycles. The van der Waals surface area contributed by atoms with Crippen molar-refractivity contribution in [1.29, 1.82) is 0 Å². The van der Waals surface area contributed by atoms with E-state index in [1.807, 2.05) is 0 Å². The molecule has 17 heavy (non-hydrogen) atoms. The van der Waals surface area contributed by atoms with Crippen molar-refractivity contribution in [2.45, 2.75) is 26.0 Å². The van der Waals surface area contributed by atoms with E-state index in [0.717, 1.165) is 0 Å². The number of methoxy groups -OCH3 is 1. The van der Waals surface area contributed by atoms with Crippen molar-refractivity contribution in [3.05, 3.63) is 17.5 Å². The largest absolute Gasteiger partial charge is 0.394 e. The number of carbonyl (C=O) groups excluding carboxylic acids is 1. The first-order valence-electron chi connectivity index (χ1n) is 5.26. The summed E-state index contributed by atoms with van der Waals surface area (Å²) in [5.74, 6) is 0.196. The van der Waals surface area contributed by atoms with E-state index in [9.17, 15) is 9.90 Å². The van der Waals surface area contributed by atoms with Crippen LogP contribution in [0.5, 0.6) is 0 Å². The first kappa shape index (κ1) is 13.7. The molecule has 0 saturated heterocycles. The SMILES string of the molecule is COCc1cc(C(=O)N(C)C(C)(C)CO)no1. The topological polar surface area (TPSA) is 75.8 Å². The lowest BCUT2D eigenvalue weighted by Crippen LogP contribution is -2.47. The van der Waals surface area contributed by atoms with E-state index in [2.05, 4.69) is 5.16 Å². The standard InChI is InChI=1S/C11H18N2O4/c1-11(2,7-14)13(3)10(15)9-5-8(6-16-4)17-12-9/h5,14H,6-7H2,1-4H3. The van der Waals surface area contributed by atoms with Gasteiger partial charge in [0.15, 0.2) is 11.5 Å². The fourth-order valence-electron chi connectivity index (χ4n) is 1.18. The van der Waals surface area contributed by atoms with Gasteiger partial charge in [-0.2, -0.15) is 0 Å². The van der Waals surface area contributed by atoms with E-state index in [0.29, 0.717) is 5.76 Å². The van der Waals surface area contributed by atoms with Gasteiger partial charge in [0.2, 0.25) is 0 Å². The molecule has 1 N–H and O–H groups in total. The van der Waals surface area contributed by atoms with E-state index in [4.69, 9.17) is 9.26 Å². The van der Waals surface area contributed by atoms with Crippen molar-refractivity contribution in [2.75, 3.05) is 20.8 Å². The van der Waals surface area contributed by atoms with Gasteiger partial charge < -0.3 is 19.3 Å². The minimum atomic E-state index is -0.641. The van der Waals surface area contributed by atoms with Gasteiger partial charge in [0, 0.05) is 20.2 Å². The lowest BCUT2D eigenvalue weighted by Gasteiger charge is -2.33. The van der Waals surface area contributed by atoms with Crippen LogP contribution in [0.3, 0.4) is 0 Å². The van der Waals surface area contributed by atoms with Crippen molar-refractivity contribution in [2.24, 2.45) is 0 Å². The molecule has 0 bridgehead atoms. The van der Waals surface area contributed by atoms with Gasteiger partial charge in [0.25, 0.3) is 5.91 Å². The second-order valence-corrected chi connectivity index (χ2v) is 4.45. The highest BCUT2D eigenvalue weighted by Gasteiger charge is 2.29. The van der Waals surface area contributed by atoms with Gasteiger partial charge in [0.1, 0.15) is 6.61 Å². The van der Waals surface area contributed by atoms with Gasteiger partial charge in [-0.25, -0.2) is 0 Å². The van der Waals surface area contributed by atoms with Gasteiger partial charge in [-0.05, 0) is 13.8 Å². The normalized spacial score (nSPS) is 11.6. The molecule has 0 unspecified atom stereocenters. The zero-order valence-corrected chi connectivity index (χ0v) is 10.6. The number of ether oxygens (including phenoxy) is 1. The third-order valence-electron chi connectivity index (χ3n) is 2.66. The van der Waals surface area contributed by atoms with Gasteiger partial charge in [-0.1, -0.05) is 5.16 Å². The number of aliphatic hydroxyl groups is 1. The molecule has 0 aromatic carbocycles. The van der Waals surface area contributed by atoms with Crippen molar-refractivity contribution in [3.63, 3.8) is 0 Å². The summed E-state index contributed by atoms with van der Waals surface area (Å²) >= 11 is 0. The summed E-state index contributed by atoms with van der Waals surface area (Å²) in [5.41, 5.74) is -0.432. The van der Waals surface area contributed by atoms with Crippen LogP contribution in [0.15, 0.2) is 10.6 Å². The van der Waals surface area contributed by atoms with Gasteiger partial charge in [0.05, 0.1) is 12.1 Å². The third kappa shape index (κ3) is 3.04. The summed E-state index contributed by atoms with van der Waals surface area (Å²) in [4.78, 5) is 13.5. The summed E-state index contributed by atoms with van der Waals surface area (Å²) < 4.78 is 9.81. The smallest absolute Gasteiger partial charge is 0.276 e. The van der Waals surface area contributed by atoms with Crippen LogP contribution in [0.25, 0.3) is 0 Å². The first-order valence-corrected chi connectivity index (χ1v) is 5.26. The summed E-state index contributed by atoms with van der Waals surface area (Å²) in [6, 6.07) is 1.54. The molecular weight excluding hydrogens is 224 g/mol. The molecule has 1 rings (SSSR count). The van der Waals surface area contributed by atoms with Crippen LogP contribution in [0.4, 0.5) is 0 Å². The van der Waals surface area contributed by atoms with Crippen LogP contribution in [-0.4, -0.2) is 47.4 Å². The van der Waals surface area contributed by atoms with Crippen LogP contribution in [0, 0.1) is 0 Å². The van der Waals surface area contributed by atoms with E-state index in [-0.39, 0.29) is 24.8 Å². The Hall–Kier alpha value is -1.40. The molecule has 96 valence electrons. The van der Waals surface area contributed by atoms with Crippen LogP contribution >= 0.6 is 0 Å². The Balaban J connectivity index is 2.81. The number of nitrogens with zero attached hydrogens (tertiary/aromatic N) is 2. The van der Waals surface area contributed by atoms with Crippen molar-refractivity contribution < 1.29 is 19.2 Å². The molecule has 0 aliphatic heterocycles. The molecule has 6 heteroatoms. The van der Waals surface area contributed by atoms with Crippen LogP contribution in [-0.2, 0) is 11.3 Å². The monoisotopic (exact) mass is 242 g/mol. The number of carbonyl (C=O) groups is 1. The number of aliphatic hydroxyl groups excluding tert-OH is 1. The third-order valence-corrected chi connectivity index (χ3v) is 2.66. The Bertz CT molecular complexity index is 387. The number of hydrogen-bond acceptors (Lipinski definition) is 5. The molecule has 0 fully saturated rings. The Morgan fingerprint density at radius 1 is 1.65 bits per heavy atom. The van der Waals surface area contributed by atoms with E-state index in [1.165, 1.54) is 18.1 Å². The molecular formula is C11H18N2O4. The second-order valence-electron chi connectivity index (χ2n) is 4.45. The van der Waals surface area contributed by atoms with Gasteiger partial charge >= 0.3 is 0 Å². The minimum absolute atomic E-state index is 0.127. The minimum Gasteiger partial charge on any atom is -0.394 e. The zero-order valence-electron chi connectivity index (χ0n) is 10.6. The number of rotatable bonds is 5. The molecule has 1 heterocycles. The number of likely N-dealkylation sites (N-methyl/N-ethyl adjacent to an activating group) is 1. The highest BCUT2D eigenvalue weighted by Crippen LogP contribution is 2.15. The maximum Gasteiger partial charge on any atom is 0.276 e. The molecule has 0 aliphatic carbocycles. The molecule has 1 aromatic rings. The maximum absolute atomic E-state index is 12.0. The highest BCUT2D eigenvalue weighted by atomic mass is 16.5. The fourth-order valence-corrected chi connectivity index (χ4v) is 1.18. The number of hydrogen-bond donors (Lipinski definition) is 1. The van der Waals surface area contributed by atoms with Crippen molar-refractivity contribution in [3.8, 4) is 0 Å². The maximum atomic E-state index is 12.0. The summed E-state index contributed by atoms with van der Waals surface area (Å²) in [6.07, 6.45) is 0. The molecule has 0 radical (unpaired) electrons. The summed E-state index contributed by atoms with van der Waals surface area (Å²) in [7, 11) is 3.15. The number of amides is 1. The lowest BCUT2D eigenvalue weighted by molar-refractivity contribution is 0.0463. The Kier molecular flexibility index (Phi) is 4.25. The van der Waals surface area contributed by atoms with E-state index in [1.54, 1.807) is 20.9 Å². The zero-order chi connectivity index (χ0) is 13.1. The molecule has 0 aliphatic rings. The van der Waals surface area contributed by atoms with Crippen LogP contribution < -0.4 is 0 Å². The summed E-state index contributed by atoms with van der Waals surface area (Å²) in [6.45, 7) is 3.67. The van der Waals surface area contributed by atoms with Crippen LogP contribution in [0.2, 0.25) is 0 Å². The van der Waals surface area contributed by atoms with E-state index >= 15 is 0 Å². The van der Waals surface area contributed by atoms with Gasteiger partial charge in [-0.15, -0.1) is 0 Å². The molecule has 1 amide bonds. The Labute approximate surface area is 100 Å². The molecule has 0 atom stereocenters. The highest BCUT2D eigenvalue weighted by molar-refractivity contribution is 5.92.